The molecule has 0 saturated carbocycles. The van der Waals surface area contributed by atoms with Gasteiger partial charge in [-0.05, 0) is 56.6 Å². The lowest BCUT2D eigenvalue weighted by molar-refractivity contribution is -0.139. The summed E-state index contributed by atoms with van der Waals surface area (Å²) >= 11 is 1.11. The summed E-state index contributed by atoms with van der Waals surface area (Å²) in [7, 11) is 0. The summed E-state index contributed by atoms with van der Waals surface area (Å²) in [6.45, 7) is 4.19. The maximum absolute atomic E-state index is 13.5. The van der Waals surface area contributed by atoms with Crippen LogP contribution in [0.1, 0.15) is 52.2 Å². The van der Waals surface area contributed by atoms with Crippen LogP contribution in [0, 0.1) is 0 Å². The first-order valence-electron chi connectivity index (χ1n) is 12.3. The minimum absolute atomic E-state index is 0. The van der Waals surface area contributed by atoms with Gasteiger partial charge >= 0.3 is 6.18 Å². The molecule has 1 saturated heterocycles. The van der Waals surface area contributed by atoms with Crippen molar-refractivity contribution in [1.29, 1.82) is 0 Å². The van der Waals surface area contributed by atoms with Gasteiger partial charge in [0.1, 0.15) is 28.1 Å². The average molecular weight is 580 g/mol. The Balaban J connectivity index is 0.00000353. The number of piperidine rings is 1. The van der Waals surface area contributed by atoms with Crippen molar-refractivity contribution in [2.75, 3.05) is 13.1 Å². The molecule has 3 heterocycles. The maximum Gasteiger partial charge on any atom is 0.416 e. The fraction of sp³-hybridized carbons (Fsp3) is 0.333. The fourth-order valence-corrected chi connectivity index (χ4v) is 5.73. The largest absolute Gasteiger partial charge is 0.484 e. The van der Waals surface area contributed by atoms with Gasteiger partial charge in [-0.15, -0.1) is 23.7 Å². The zero-order valence-electron chi connectivity index (χ0n) is 21.1. The summed E-state index contributed by atoms with van der Waals surface area (Å²) in [5, 5.41) is 0.619. The lowest BCUT2D eigenvalue weighted by atomic mass is 10.0. The van der Waals surface area contributed by atoms with E-state index < -0.39 is 23.8 Å². The number of aromatic nitrogens is 2. The Hall–Kier alpha value is -3.12. The van der Waals surface area contributed by atoms with E-state index in [1.165, 1.54) is 25.1 Å². The Morgan fingerprint density at radius 2 is 1.90 bits per heavy atom. The first-order valence-corrected chi connectivity index (χ1v) is 13.1. The van der Waals surface area contributed by atoms with Gasteiger partial charge in [0.2, 0.25) is 0 Å². The van der Waals surface area contributed by atoms with E-state index in [0.717, 1.165) is 66.5 Å². The number of carbonyl (C=O) groups excluding carboxylic acids is 1. The van der Waals surface area contributed by atoms with Crippen LogP contribution in [0.4, 0.5) is 13.2 Å². The van der Waals surface area contributed by atoms with Gasteiger partial charge in [-0.2, -0.15) is 13.2 Å². The normalized spacial score (nSPS) is 15.7. The second-order valence-electron chi connectivity index (χ2n) is 9.54. The number of nitrogens with zero attached hydrogens (tertiary/aromatic N) is 3. The van der Waals surface area contributed by atoms with E-state index in [4.69, 9.17) is 16.2 Å². The number of amides is 1. The number of primary amides is 1. The molecule has 5 rings (SSSR count). The van der Waals surface area contributed by atoms with E-state index in [9.17, 15) is 18.0 Å². The van der Waals surface area contributed by atoms with E-state index >= 15 is 0 Å². The zero-order valence-corrected chi connectivity index (χ0v) is 22.8. The topological polar surface area (TPSA) is 99.4 Å². The van der Waals surface area contributed by atoms with E-state index in [1.54, 1.807) is 12.4 Å². The Labute approximate surface area is 234 Å². The van der Waals surface area contributed by atoms with Crippen molar-refractivity contribution in [2.24, 2.45) is 11.5 Å². The van der Waals surface area contributed by atoms with Crippen molar-refractivity contribution in [1.82, 2.24) is 14.5 Å². The standard InChI is InChI=1S/C27H28F3N5O2S.ClH/c1-16(19-4-2-3-5-20(19)27(28,29)30)37-23-13-24(38-25(23)26(32)36)35-15-33-21-7-6-17(12-22(21)35)14-34-10-8-18(31)9-11-34;/h2-7,12-13,15-16,18H,8-11,14,31H2,1H3,(H2,32,36);1H. The molecule has 2 aromatic heterocycles. The summed E-state index contributed by atoms with van der Waals surface area (Å²) in [4.78, 5) is 19.2. The van der Waals surface area contributed by atoms with E-state index in [-0.39, 0.29) is 34.6 Å². The number of likely N-dealkylation sites (tertiary alicyclic amines) is 1. The summed E-state index contributed by atoms with van der Waals surface area (Å²) < 4.78 is 48.4. The smallest absolute Gasteiger partial charge is 0.416 e. The number of imidazole rings is 1. The minimum atomic E-state index is -4.53. The lowest BCUT2D eigenvalue weighted by Crippen LogP contribution is -2.39. The van der Waals surface area contributed by atoms with Crippen molar-refractivity contribution in [3.8, 4) is 10.8 Å². The minimum Gasteiger partial charge on any atom is -0.484 e. The summed E-state index contributed by atoms with van der Waals surface area (Å²) in [5.41, 5.74) is 13.6. The number of benzene rings is 2. The fourth-order valence-electron chi connectivity index (χ4n) is 4.80. The van der Waals surface area contributed by atoms with Gasteiger partial charge in [-0.1, -0.05) is 24.3 Å². The first-order chi connectivity index (χ1) is 18.1. The van der Waals surface area contributed by atoms with Crippen LogP contribution in [0.25, 0.3) is 16.0 Å². The third-order valence-electron chi connectivity index (χ3n) is 6.80. The van der Waals surface area contributed by atoms with Gasteiger partial charge < -0.3 is 16.2 Å². The van der Waals surface area contributed by atoms with E-state index in [2.05, 4.69) is 16.0 Å². The Kier molecular flexibility index (Phi) is 8.55. The predicted molar refractivity (Wildman–Crippen MR) is 148 cm³/mol. The molecular weight excluding hydrogens is 551 g/mol. The highest BCUT2D eigenvalue weighted by atomic mass is 35.5. The number of thiophene rings is 1. The highest BCUT2D eigenvalue weighted by Crippen LogP contribution is 2.39. The number of alkyl halides is 3. The van der Waals surface area contributed by atoms with Gasteiger partial charge in [0.25, 0.3) is 5.91 Å². The number of nitrogens with two attached hydrogens (primary N) is 2. The maximum atomic E-state index is 13.5. The zero-order chi connectivity index (χ0) is 27.0. The molecule has 2 aromatic carbocycles. The lowest BCUT2D eigenvalue weighted by Gasteiger charge is -2.30. The van der Waals surface area contributed by atoms with Gasteiger partial charge in [-0.3, -0.25) is 14.3 Å². The van der Waals surface area contributed by atoms with Crippen LogP contribution in [0.5, 0.6) is 5.75 Å². The third-order valence-corrected chi connectivity index (χ3v) is 7.93. The van der Waals surface area contributed by atoms with Crippen molar-refractivity contribution >= 4 is 40.7 Å². The molecule has 1 fully saturated rings. The number of fused-ring (bicyclic) bond motifs is 1. The van der Waals surface area contributed by atoms with Crippen molar-refractivity contribution in [3.05, 3.63) is 76.4 Å². The molecule has 12 heteroatoms. The second kappa shape index (κ2) is 11.5. The third kappa shape index (κ3) is 6.22. The number of halogens is 4. The SMILES string of the molecule is CC(Oc1cc(-n2cnc3ccc(CN4CCC(N)CC4)cc32)sc1C(N)=O)c1ccccc1C(F)(F)F.Cl. The Morgan fingerprint density at radius 1 is 1.18 bits per heavy atom. The average Bonchev–Trinajstić information content (AvgIpc) is 3.49. The summed E-state index contributed by atoms with van der Waals surface area (Å²) in [5.74, 6) is -0.592. The van der Waals surface area contributed by atoms with Crippen molar-refractivity contribution in [3.63, 3.8) is 0 Å². The second-order valence-corrected chi connectivity index (χ2v) is 10.6. The highest BCUT2D eigenvalue weighted by Gasteiger charge is 2.35. The highest BCUT2D eigenvalue weighted by molar-refractivity contribution is 7.16. The summed E-state index contributed by atoms with van der Waals surface area (Å²) in [6, 6.07) is 13.2. The van der Waals surface area contributed by atoms with E-state index in [0.29, 0.717) is 5.00 Å². The van der Waals surface area contributed by atoms with Gasteiger partial charge in [-0.25, -0.2) is 4.98 Å². The molecule has 1 atom stereocenters. The molecule has 0 aliphatic carbocycles. The number of hydrogen-bond acceptors (Lipinski definition) is 6. The van der Waals surface area contributed by atoms with Crippen molar-refractivity contribution in [2.45, 2.75) is 44.6 Å². The number of carbonyl (C=O) groups is 1. The van der Waals surface area contributed by atoms with Crippen LogP contribution in [0.15, 0.2) is 54.9 Å². The van der Waals surface area contributed by atoms with Crippen LogP contribution in [-0.4, -0.2) is 39.5 Å². The Morgan fingerprint density at radius 3 is 2.59 bits per heavy atom. The molecule has 1 aliphatic heterocycles. The number of ether oxygens (including phenoxy) is 1. The molecule has 0 bridgehead atoms. The monoisotopic (exact) mass is 579 g/mol. The van der Waals surface area contributed by atoms with Crippen LogP contribution in [0.3, 0.4) is 0 Å². The van der Waals surface area contributed by atoms with Crippen LogP contribution < -0.4 is 16.2 Å². The van der Waals surface area contributed by atoms with Crippen LogP contribution in [-0.2, 0) is 12.7 Å². The summed E-state index contributed by atoms with van der Waals surface area (Å²) in [6.07, 6.45) is -1.91. The van der Waals surface area contributed by atoms with Gasteiger partial charge in [0.05, 0.1) is 16.6 Å². The molecule has 4 N–H and O–H groups in total. The molecule has 7 nitrogen and oxygen atoms in total. The number of hydrogen-bond donors (Lipinski definition) is 2. The molecule has 0 spiro atoms. The quantitative estimate of drug-likeness (QED) is 0.293. The Bertz CT molecular complexity index is 1460. The van der Waals surface area contributed by atoms with Crippen LogP contribution >= 0.6 is 23.7 Å². The molecule has 39 heavy (non-hydrogen) atoms. The number of rotatable bonds is 7. The molecule has 208 valence electrons. The van der Waals surface area contributed by atoms with Crippen LogP contribution in [0.2, 0.25) is 0 Å². The van der Waals surface area contributed by atoms with Crippen molar-refractivity contribution < 1.29 is 22.7 Å². The molecule has 1 unspecified atom stereocenters. The molecule has 0 radical (unpaired) electrons. The molecule has 1 amide bonds. The van der Waals surface area contributed by atoms with Gasteiger partial charge in [0, 0.05) is 24.2 Å². The first kappa shape index (κ1) is 28.9. The van der Waals surface area contributed by atoms with Gasteiger partial charge in [0.15, 0.2) is 0 Å². The molecule has 4 aromatic rings. The predicted octanol–water partition coefficient (Wildman–Crippen LogP) is 5.69. The van der Waals surface area contributed by atoms with E-state index in [1.807, 2.05) is 16.7 Å². The molecule has 1 aliphatic rings. The molecular formula is C27H29ClF3N5O2S.